The fourth-order valence-corrected chi connectivity index (χ4v) is 5.03. The highest BCUT2D eigenvalue weighted by Gasteiger charge is 2.61. The third kappa shape index (κ3) is 2.83. The number of carbonyl (C=O) groups excluding carboxylic acids is 1. The maximum Gasteiger partial charge on any atom is 0.225 e. The molecule has 7 rings (SSSR count). The summed E-state index contributed by atoms with van der Waals surface area (Å²) < 4.78 is 26.3. The molecule has 8 heteroatoms. The van der Waals surface area contributed by atoms with Gasteiger partial charge in [0.2, 0.25) is 5.91 Å². The Balaban J connectivity index is 1.18. The van der Waals surface area contributed by atoms with Crippen molar-refractivity contribution in [1.82, 2.24) is 15.0 Å². The molecule has 2 N–H and O–H groups in total. The zero-order valence-corrected chi connectivity index (χ0v) is 17.7. The molecule has 0 bridgehead atoms. The van der Waals surface area contributed by atoms with Gasteiger partial charge in [-0.05, 0) is 49.2 Å². The van der Waals surface area contributed by atoms with Crippen LogP contribution in [0, 0.1) is 12.7 Å². The van der Waals surface area contributed by atoms with Gasteiger partial charge >= 0.3 is 0 Å². The number of nitrogens with one attached hydrogen (secondary N) is 2. The van der Waals surface area contributed by atoms with E-state index in [9.17, 15) is 9.18 Å². The van der Waals surface area contributed by atoms with Gasteiger partial charge in [0.25, 0.3) is 0 Å². The first-order chi connectivity index (χ1) is 16.0. The van der Waals surface area contributed by atoms with Gasteiger partial charge < -0.3 is 19.8 Å². The zero-order chi connectivity index (χ0) is 22.3. The second kappa shape index (κ2) is 6.54. The molecule has 164 valence electrons. The predicted octanol–water partition coefficient (Wildman–Crippen LogP) is 4.72. The van der Waals surface area contributed by atoms with Crippen LogP contribution in [0.2, 0.25) is 0 Å². The van der Waals surface area contributed by atoms with E-state index in [0.29, 0.717) is 41.2 Å². The third-order valence-electron chi connectivity index (χ3n) is 6.75. The minimum Gasteiger partial charge on any atom is -0.489 e. The fraction of sp³-hybridized carbons (Fsp3) is 0.240. The molecular weight excluding hydrogens is 423 g/mol. The number of hydrogen-bond acceptors (Lipinski definition) is 5. The van der Waals surface area contributed by atoms with Gasteiger partial charge in [-0.1, -0.05) is 0 Å². The normalized spacial score (nSPS) is 22.2. The Morgan fingerprint density at radius 3 is 2.97 bits per heavy atom. The minimum absolute atomic E-state index is 0.0191. The van der Waals surface area contributed by atoms with Crippen molar-refractivity contribution in [2.45, 2.75) is 37.7 Å². The van der Waals surface area contributed by atoms with E-state index in [1.54, 1.807) is 19.2 Å². The number of aryl methyl sites for hydroxylation is 1. The molecule has 0 saturated heterocycles. The van der Waals surface area contributed by atoms with Crippen LogP contribution in [-0.4, -0.2) is 27.0 Å². The number of nitrogens with zero attached hydrogens (tertiary/aromatic N) is 2. The van der Waals surface area contributed by atoms with Crippen LogP contribution < -0.4 is 14.8 Å². The smallest absolute Gasteiger partial charge is 0.225 e. The number of hydrogen-bond donors (Lipinski definition) is 2. The molecule has 0 spiro atoms. The van der Waals surface area contributed by atoms with Gasteiger partial charge in [-0.3, -0.25) is 4.79 Å². The maximum absolute atomic E-state index is 13.9. The number of ether oxygens (including phenoxy) is 2. The fourth-order valence-electron chi connectivity index (χ4n) is 5.03. The van der Waals surface area contributed by atoms with Gasteiger partial charge in [-0.25, -0.2) is 14.4 Å². The molecule has 2 aromatic heterocycles. The lowest BCUT2D eigenvalue weighted by Gasteiger charge is -2.19. The summed E-state index contributed by atoms with van der Waals surface area (Å²) in [4.78, 5) is 23.9. The molecule has 4 heterocycles. The average Bonchev–Trinajstić information content (AvgIpc) is 3.15. The summed E-state index contributed by atoms with van der Waals surface area (Å²) in [5.74, 6) is 3.64. The average molecular weight is 442 g/mol. The van der Waals surface area contributed by atoms with Crippen LogP contribution >= 0.6 is 0 Å². The molecule has 3 aliphatic rings. The van der Waals surface area contributed by atoms with Crippen molar-refractivity contribution in [3.8, 4) is 17.2 Å². The first-order valence-corrected chi connectivity index (χ1v) is 11.0. The lowest BCUT2D eigenvalue weighted by Crippen LogP contribution is -2.20. The number of carbonyl (C=O) groups is 1. The van der Waals surface area contributed by atoms with Gasteiger partial charge in [-0.2, -0.15) is 0 Å². The van der Waals surface area contributed by atoms with Crippen LogP contribution in [-0.2, 0) is 11.2 Å². The number of pyridine rings is 1. The summed E-state index contributed by atoms with van der Waals surface area (Å²) in [6.45, 7) is 1.75. The molecule has 2 aromatic carbocycles. The highest BCUT2D eigenvalue weighted by Crippen LogP contribution is 2.63. The van der Waals surface area contributed by atoms with Crippen molar-refractivity contribution < 1.29 is 18.7 Å². The topological polar surface area (TPSA) is 89.1 Å². The van der Waals surface area contributed by atoms with Gasteiger partial charge in [0.1, 0.15) is 40.8 Å². The monoisotopic (exact) mass is 442 g/mol. The highest BCUT2D eigenvalue weighted by molar-refractivity contribution is 5.93. The summed E-state index contributed by atoms with van der Waals surface area (Å²) >= 11 is 0. The SMILES string of the molecule is Cc1cc2[nH]c([C@@H]3[C@H]4Oc5ccc(Oc6ccnc7c6CCC(=O)N7)cc5[C@H]43)nc2cc1F. The molecule has 2 aliphatic heterocycles. The van der Waals surface area contributed by atoms with E-state index >= 15 is 0 Å². The quantitative estimate of drug-likeness (QED) is 0.479. The van der Waals surface area contributed by atoms with Gasteiger partial charge in [0, 0.05) is 35.7 Å². The van der Waals surface area contributed by atoms with Gasteiger partial charge in [-0.15, -0.1) is 0 Å². The van der Waals surface area contributed by atoms with Crippen molar-refractivity contribution in [1.29, 1.82) is 0 Å². The largest absolute Gasteiger partial charge is 0.489 e. The predicted molar refractivity (Wildman–Crippen MR) is 118 cm³/mol. The molecule has 1 fully saturated rings. The highest BCUT2D eigenvalue weighted by atomic mass is 19.1. The number of fused-ring (bicyclic) bond motifs is 5. The lowest BCUT2D eigenvalue weighted by atomic mass is 10.1. The zero-order valence-electron chi connectivity index (χ0n) is 17.7. The van der Waals surface area contributed by atoms with Crippen molar-refractivity contribution in [2.24, 2.45) is 0 Å². The van der Waals surface area contributed by atoms with Crippen LogP contribution in [0.4, 0.5) is 10.2 Å². The van der Waals surface area contributed by atoms with Crippen LogP contribution in [0.5, 0.6) is 17.2 Å². The number of halogens is 1. The third-order valence-corrected chi connectivity index (χ3v) is 6.75. The number of benzene rings is 2. The van der Waals surface area contributed by atoms with Gasteiger partial charge in [0.15, 0.2) is 0 Å². The van der Waals surface area contributed by atoms with E-state index in [0.717, 1.165) is 28.2 Å². The molecule has 0 radical (unpaired) electrons. The number of anilines is 1. The standard InChI is InChI=1S/C25H19FN4O3/c1-11-8-16-17(10-15(11)26)29-25(28-16)22-21-14-9-12(2-4-18(14)33-23(21)22)32-19-6-7-27-24-13(19)3-5-20(31)30-24/h2,4,6-10,21-23H,3,5H2,1H3,(H,28,29)(H,27,30,31)/t21-,22-,23-/m0/s1. The van der Waals surface area contributed by atoms with E-state index in [-0.39, 0.29) is 29.7 Å². The van der Waals surface area contributed by atoms with Crippen molar-refractivity contribution in [3.05, 3.63) is 70.9 Å². The van der Waals surface area contributed by atoms with E-state index in [4.69, 9.17) is 9.47 Å². The van der Waals surface area contributed by atoms with Crippen LogP contribution in [0.1, 0.15) is 40.8 Å². The molecule has 3 atom stereocenters. The maximum atomic E-state index is 13.9. The van der Waals surface area contributed by atoms with E-state index < -0.39 is 0 Å². The second-order valence-electron chi connectivity index (χ2n) is 8.86. The Kier molecular flexibility index (Phi) is 3.69. The van der Waals surface area contributed by atoms with Gasteiger partial charge in [0.05, 0.1) is 17.0 Å². The van der Waals surface area contributed by atoms with Crippen LogP contribution in [0.3, 0.4) is 0 Å². The number of rotatable bonds is 3. The first kappa shape index (κ1) is 18.6. The Morgan fingerprint density at radius 2 is 2.06 bits per heavy atom. The Hall–Kier alpha value is -3.94. The molecule has 7 nitrogen and oxygen atoms in total. The van der Waals surface area contributed by atoms with E-state index in [1.165, 1.54) is 6.07 Å². The molecule has 1 amide bonds. The Bertz CT molecular complexity index is 1440. The van der Waals surface area contributed by atoms with E-state index in [2.05, 4.69) is 20.3 Å². The van der Waals surface area contributed by atoms with Crippen molar-refractivity contribution >= 4 is 22.8 Å². The summed E-state index contributed by atoms with van der Waals surface area (Å²) in [6.07, 6.45) is 2.66. The first-order valence-electron chi connectivity index (χ1n) is 11.0. The summed E-state index contributed by atoms with van der Waals surface area (Å²) in [5, 5.41) is 2.80. The van der Waals surface area contributed by atoms with Crippen molar-refractivity contribution in [3.63, 3.8) is 0 Å². The summed E-state index contributed by atoms with van der Waals surface area (Å²) in [7, 11) is 0. The number of H-pyrrole nitrogens is 1. The lowest BCUT2D eigenvalue weighted by molar-refractivity contribution is -0.116. The number of aromatic nitrogens is 3. The number of imidazole rings is 1. The summed E-state index contributed by atoms with van der Waals surface area (Å²) in [5.41, 5.74) is 4.04. The molecular formula is C25H19FN4O3. The number of aromatic amines is 1. The van der Waals surface area contributed by atoms with Crippen LogP contribution in [0.15, 0.2) is 42.6 Å². The minimum atomic E-state index is -0.252. The second-order valence-corrected chi connectivity index (χ2v) is 8.86. The van der Waals surface area contributed by atoms with E-state index in [1.807, 2.05) is 24.3 Å². The number of amides is 1. The molecule has 0 unspecified atom stereocenters. The molecule has 1 aliphatic carbocycles. The van der Waals surface area contributed by atoms with Crippen molar-refractivity contribution in [2.75, 3.05) is 5.32 Å². The van der Waals surface area contributed by atoms with Crippen LogP contribution in [0.25, 0.3) is 11.0 Å². The summed E-state index contributed by atoms with van der Waals surface area (Å²) in [6, 6.07) is 10.9. The molecule has 1 saturated carbocycles. The molecule has 4 aromatic rings. The Labute approximate surface area is 188 Å². The molecule has 33 heavy (non-hydrogen) atoms. The Morgan fingerprint density at radius 1 is 1.15 bits per heavy atom.